The fourth-order valence-electron chi connectivity index (χ4n) is 7.16. The Morgan fingerprint density at radius 2 is 1.78 bits per heavy atom. The van der Waals surface area contributed by atoms with Crippen molar-refractivity contribution in [2.75, 3.05) is 13.6 Å². The zero-order chi connectivity index (χ0) is 24.8. The number of ether oxygens (including phenoxy) is 3. The van der Waals surface area contributed by atoms with Crippen LogP contribution in [0.25, 0.3) is 0 Å². The van der Waals surface area contributed by atoms with Crippen molar-refractivity contribution in [2.24, 2.45) is 23.7 Å². The van der Waals surface area contributed by atoms with Gasteiger partial charge in [0.1, 0.15) is 23.6 Å². The van der Waals surface area contributed by atoms with Crippen molar-refractivity contribution in [3.63, 3.8) is 0 Å². The fourth-order valence-corrected chi connectivity index (χ4v) is 7.16. The average Bonchev–Trinajstić information content (AvgIpc) is 2.76. The molecule has 4 aliphatic carbocycles. The molecule has 176 valence electrons. The highest BCUT2D eigenvalue weighted by Crippen LogP contribution is 2.69. The molecule has 1 aromatic carbocycles. The summed E-state index contributed by atoms with van der Waals surface area (Å²) in [5.74, 6) is 0.140. The van der Waals surface area contributed by atoms with Crippen molar-refractivity contribution in [3.8, 4) is 5.75 Å². The topological polar surface area (TPSA) is 107 Å². The molecule has 0 radical (unpaired) electrons. The maximum Gasteiger partial charge on any atom is 0.260 e. The summed E-state index contributed by atoms with van der Waals surface area (Å²) >= 11 is 0. The molecule has 4 saturated carbocycles. The van der Waals surface area contributed by atoms with Gasteiger partial charge < -0.3 is 29.5 Å². The van der Waals surface area contributed by atoms with Crippen LogP contribution in [0.2, 0.25) is 0 Å². The van der Waals surface area contributed by atoms with Gasteiger partial charge in [0.2, 0.25) is 6.29 Å². The molecule has 2 aliphatic heterocycles. The summed E-state index contributed by atoms with van der Waals surface area (Å²) in [6.07, 6.45) is 0.869. The van der Waals surface area contributed by atoms with Gasteiger partial charge in [0.15, 0.2) is 5.60 Å². The molecule has 2 saturated heterocycles. The number of benzene rings is 1. The number of hydrogen-bond acceptors (Lipinski definition) is 8. The van der Waals surface area contributed by atoms with E-state index >= 15 is 0 Å². The van der Waals surface area contributed by atoms with Gasteiger partial charge in [0.05, 0.1) is 10.7 Å². The Bertz CT molecular complexity index is 956. The first-order valence-corrected chi connectivity index (χ1v) is 11.5. The van der Waals surface area contributed by atoms with Crippen molar-refractivity contribution >= 4 is 0 Å². The number of aliphatic hydroxyl groups is 3. The normalized spacial score (nSPS) is 53.4. The van der Waals surface area contributed by atoms with Crippen molar-refractivity contribution in [2.45, 2.75) is 74.5 Å². The standard InChI is InChI=1S/C24H32O8/c1-22(27)12-29-21(19(25)20(22)26)30-18-5-3-4-15(11-18)24(28-2)23(31-32-24)16-7-13-6-14(9-16)10-17(23)8-13/h3-5,11,13-14,16-17,19-21,25-27H,6-10,12H2,1-2H3/t13?,14?,16?,17?,19?,20-,21+,22-,23?,24?/m1/s1/i2D3. The Hall–Kier alpha value is -1.26. The summed E-state index contributed by atoms with van der Waals surface area (Å²) in [6, 6.07) is 6.65. The quantitative estimate of drug-likeness (QED) is 0.596. The summed E-state index contributed by atoms with van der Waals surface area (Å²) < 4.78 is 40.8. The number of hydrogen-bond donors (Lipinski definition) is 3. The predicted octanol–water partition coefficient (Wildman–Crippen LogP) is 1.85. The fraction of sp³-hybridized carbons (Fsp3) is 0.750. The van der Waals surface area contributed by atoms with Gasteiger partial charge in [0, 0.05) is 12.6 Å². The lowest BCUT2D eigenvalue weighted by Gasteiger charge is -2.68. The first-order valence-electron chi connectivity index (χ1n) is 13.0. The third-order valence-corrected chi connectivity index (χ3v) is 8.55. The monoisotopic (exact) mass is 451 g/mol. The van der Waals surface area contributed by atoms with Crippen LogP contribution in [0, 0.1) is 23.7 Å². The average molecular weight is 452 g/mol. The van der Waals surface area contributed by atoms with Gasteiger partial charge in [-0.1, -0.05) is 12.1 Å². The minimum absolute atomic E-state index is 0.125. The Labute approximate surface area is 191 Å². The van der Waals surface area contributed by atoms with E-state index in [9.17, 15) is 15.3 Å². The molecular weight excluding hydrogens is 416 g/mol. The van der Waals surface area contributed by atoms with Gasteiger partial charge in [-0.25, -0.2) is 4.89 Å². The van der Waals surface area contributed by atoms with Gasteiger partial charge >= 0.3 is 0 Å². The van der Waals surface area contributed by atoms with Crippen molar-refractivity contribution < 1.29 is 43.4 Å². The number of methoxy groups -OCH3 is 1. The number of rotatable bonds is 4. The minimum Gasteiger partial charge on any atom is -0.462 e. The summed E-state index contributed by atoms with van der Waals surface area (Å²) in [6.45, 7) is 1.14. The summed E-state index contributed by atoms with van der Waals surface area (Å²) in [4.78, 5) is 11.6. The van der Waals surface area contributed by atoms with Crippen LogP contribution in [0.3, 0.4) is 0 Å². The number of aliphatic hydroxyl groups excluding tert-OH is 2. The van der Waals surface area contributed by atoms with Crippen LogP contribution < -0.4 is 4.74 Å². The predicted molar refractivity (Wildman–Crippen MR) is 110 cm³/mol. The highest BCUT2D eigenvalue weighted by atomic mass is 17.3. The molecule has 0 amide bonds. The third-order valence-electron chi connectivity index (χ3n) is 8.55. The van der Waals surface area contributed by atoms with Gasteiger partial charge in [-0.05, 0) is 74.8 Å². The zero-order valence-corrected chi connectivity index (χ0v) is 18.0. The minimum atomic E-state index is -2.74. The summed E-state index contributed by atoms with van der Waals surface area (Å²) in [5, 5.41) is 30.8. The Morgan fingerprint density at radius 3 is 2.41 bits per heavy atom. The third kappa shape index (κ3) is 2.75. The first-order chi connectivity index (χ1) is 16.4. The van der Waals surface area contributed by atoms with Crippen LogP contribution in [0.1, 0.15) is 48.7 Å². The molecular formula is C24H32O8. The molecule has 0 aromatic heterocycles. The molecule has 1 aromatic rings. The molecule has 6 fully saturated rings. The molecule has 3 N–H and O–H groups in total. The van der Waals surface area contributed by atoms with Crippen molar-refractivity contribution in [3.05, 3.63) is 29.8 Å². The van der Waals surface area contributed by atoms with Gasteiger partial charge in [-0.2, -0.15) is 4.89 Å². The maximum absolute atomic E-state index is 10.4. The molecule has 32 heavy (non-hydrogen) atoms. The summed E-state index contributed by atoms with van der Waals surface area (Å²) in [5.41, 5.74) is -2.06. The largest absolute Gasteiger partial charge is 0.462 e. The van der Waals surface area contributed by atoms with Gasteiger partial charge in [-0.15, -0.1) is 0 Å². The van der Waals surface area contributed by atoms with Crippen molar-refractivity contribution in [1.82, 2.24) is 0 Å². The van der Waals surface area contributed by atoms with E-state index in [1.807, 2.05) is 0 Å². The van der Waals surface area contributed by atoms with Crippen LogP contribution >= 0.6 is 0 Å². The molecule has 8 heteroatoms. The second kappa shape index (κ2) is 7.12. The lowest BCUT2D eigenvalue weighted by Crippen LogP contribution is -2.76. The van der Waals surface area contributed by atoms with Crippen LogP contribution in [-0.4, -0.2) is 58.7 Å². The van der Waals surface area contributed by atoms with Crippen LogP contribution in [0.15, 0.2) is 24.3 Å². The maximum atomic E-state index is 10.4. The second-order valence-corrected chi connectivity index (χ2v) is 10.6. The van der Waals surface area contributed by atoms with Crippen LogP contribution in [-0.2, 0) is 25.0 Å². The lowest BCUT2D eigenvalue weighted by atomic mass is 9.47. The Kier molecular flexibility index (Phi) is 4.03. The van der Waals surface area contributed by atoms with E-state index in [4.69, 9.17) is 28.1 Å². The van der Waals surface area contributed by atoms with Gasteiger partial charge in [0.25, 0.3) is 5.79 Å². The highest BCUT2D eigenvalue weighted by Gasteiger charge is 2.76. The Morgan fingerprint density at radius 1 is 1.06 bits per heavy atom. The first kappa shape index (κ1) is 18.1. The van der Waals surface area contributed by atoms with Crippen LogP contribution in [0.4, 0.5) is 0 Å². The van der Waals surface area contributed by atoms with E-state index in [0.29, 0.717) is 17.4 Å². The SMILES string of the molecule is [2H]C([2H])([2H])OC1(c2cccc(O[C@@H]3OC[C@@](C)(O)[C@H](O)C3O)c2)OOC12C1CC3CC(C1)CC2C3. The van der Waals surface area contributed by atoms with E-state index in [0.717, 1.165) is 25.7 Å². The van der Waals surface area contributed by atoms with Crippen LogP contribution in [0.5, 0.6) is 5.75 Å². The molecule has 4 bridgehead atoms. The molecule has 2 unspecified atom stereocenters. The Balaban J connectivity index is 1.33. The zero-order valence-electron chi connectivity index (χ0n) is 21.0. The highest BCUT2D eigenvalue weighted by molar-refractivity contribution is 5.36. The van der Waals surface area contributed by atoms with E-state index in [2.05, 4.69) is 0 Å². The lowest BCUT2D eigenvalue weighted by molar-refractivity contribution is -0.645. The summed E-state index contributed by atoms with van der Waals surface area (Å²) in [7, 11) is -2.74. The van der Waals surface area contributed by atoms with Gasteiger partial charge in [-0.3, -0.25) is 0 Å². The van der Waals surface area contributed by atoms with Crippen molar-refractivity contribution in [1.29, 1.82) is 0 Å². The molecule has 5 atom stereocenters. The van der Waals surface area contributed by atoms with E-state index < -0.39 is 42.5 Å². The smallest absolute Gasteiger partial charge is 0.260 e. The molecule has 6 aliphatic rings. The molecule has 8 nitrogen and oxygen atoms in total. The van der Waals surface area contributed by atoms with E-state index in [1.165, 1.54) is 13.3 Å². The molecule has 1 spiro atoms. The van der Waals surface area contributed by atoms with E-state index in [1.54, 1.807) is 24.3 Å². The molecule has 7 rings (SSSR count). The second-order valence-electron chi connectivity index (χ2n) is 10.6. The molecule has 2 heterocycles. The van der Waals surface area contributed by atoms with E-state index in [-0.39, 0.29) is 24.2 Å².